The van der Waals surface area contributed by atoms with Gasteiger partial charge in [0, 0.05) is 17.3 Å². The molecule has 1 aliphatic carbocycles. The van der Waals surface area contributed by atoms with Crippen LogP contribution in [0.3, 0.4) is 0 Å². The summed E-state index contributed by atoms with van der Waals surface area (Å²) in [6.45, 7) is 0.0106. The van der Waals surface area contributed by atoms with Crippen molar-refractivity contribution in [1.82, 2.24) is 0 Å². The summed E-state index contributed by atoms with van der Waals surface area (Å²) in [7, 11) is 2.47. The lowest BCUT2D eigenvalue weighted by Crippen LogP contribution is -2.38. The van der Waals surface area contributed by atoms with Gasteiger partial charge in [-0.2, -0.15) is 0 Å². The van der Waals surface area contributed by atoms with Gasteiger partial charge in [-0.1, -0.05) is 6.07 Å². The van der Waals surface area contributed by atoms with E-state index in [0.717, 1.165) is 12.8 Å². The lowest BCUT2D eigenvalue weighted by Gasteiger charge is -2.31. The number of rotatable bonds is 5. The van der Waals surface area contributed by atoms with Crippen LogP contribution < -0.4 is 10.2 Å². The zero-order valence-corrected chi connectivity index (χ0v) is 14.6. The second kappa shape index (κ2) is 7.57. The number of nitrogens with one attached hydrogen (secondary N) is 1. The minimum atomic E-state index is -0.666. The van der Waals surface area contributed by atoms with Crippen molar-refractivity contribution >= 4 is 29.2 Å². The van der Waals surface area contributed by atoms with E-state index in [-0.39, 0.29) is 36.4 Å². The molecule has 8 nitrogen and oxygen atoms in total. The van der Waals surface area contributed by atoms with Crippen LogP contribution in [-0.2, 0) is 28.6 Å². The second-order valence-corrected chi connectivity index (χ2v) is 6.03. The van der Waals surface area contributed by atoms with E-state index >= 15 is 0 Å². The maximum absolute atomic E-state index is 12.3. The highest BCUT2D eigenvalue weighted by Crippen LogP contribution is 2.32. The Balaban J connectivity index is 1.94. The van der Waals surface area contributed by atoms with Crippen molar-refractivity contribution in [1.29, 1.82) is 0 Å². The molecule has 0 radical (unpaired) electrons. The molecule has 3 rings (SSSR count). The number of benzene rings is 1. The maximum atomic E-state index is 12.3. The van der Waals surface area contributed by atoms with E-state index in [2.05, 4.69) is 5.32 Å². The van der Waals surface area contributed by atoms with E-state index in [1.165, 1.54) is 19.1 Å². The Kier molecular flexibility index (Phi) is 5.22. The van der Waals surface area contributed by atoms with Crippen molar-refractivity contribution in [2.75, 3.05) is 37.8 Å². The van der Waals surface area contributed by atoms with Gasteiger partial charge in [0.05, 0.1) is 26.4 Å². The lowest BCUT2D eigenvalue weighted by atomic mass is 10.1. The third-order valence-electron chi connectivity index (χ3n) is 4.21. The summed E-state index contributed by atoms with van der Waals surface area (Å²) in [6, 6.07) is 6.97. The first-order chi connectivity index (χ1) is 12.5. The number of carbonyl (C=O) groups is 3. The standard InChI is InChI=1S/C18H20N2O6/c1-24-17(22)14-9-26-10-20(15(14)18(23)25-2)13-5-3-4-12(8-13)19-16(21)11-6-7-11/h3-5,8,11H,6-7,9-10H2,1-2H3,(H,19,21). The summed E-state index contributed by atoms with van der Waals surface area (Å²) in [5.74, 6) is -1.26. The van der Waals surface area contributed by atoms with E-state index in [4.69, 9.17) is 14.2 Å². The van der Waals surface area contributed by atoms with Gasteiger partial charge in [0.1, 0.15) is 12.4 Å². The SMILES string of the molecule is COC(=O)C1=C(C(=O)OC)N(c2cccc(NC(=O)C3CC3)c2)COC1. The summed E-state index contributed by atoms with van der Waals surface area (Å²) < 4.78 is 15.0. The molecule has 1 aromatic carbocycles. The number of anilines is 2. The topological polar surface area (TPSA) is 94.2 Å². The molecule has 1 fully saturated rings. The first-order valence-corrected chi connectivity index (χ1v) is 8.21. The van der Waals surface area contributed by atoms with Crippen molar-refractivity contribution in [3.05, 3.63) is 35.5 Å². The smallest absolute Gasteiger partial charge is 0.355 e. The first kappa shape index (κ1) is 17.9. The lowest BCUT2D eigenvalue weighted by molar-refractivity contribution is -0.140. The summed E-state index contributed by atoms with van der Waals surface area (Å²) in [6.07, 6.45) is 1.81. The molecule has 1 N–H and O–H groups in total. The number of hydrogen-bond acceptors (Lipinski definition) is 7. The van der Waals surface area contributed by atoms with Gasteiger partial charge in [0.15, 0.2) is 0 Å². The molecule has 1 saturated carbocycles. The minimum absolute atomic E-state index is 0.0176. The summed E-state index contributed by atoms with van der Waals surface area (Å²) in [5.41, 5.74) is 1.34. The molecule has 2 aliphatic rings. The number of amides is 1. The molecule has 1 amide bonds. The monoisotopic (exact) mass is 360 g/mol. The zero-order valence-electron chi connectivity index (χ0n) is 14.6. The fourth-order valence-corrected chi connectivity index (χ4v) is 2.69. The fourth-order valence-electron chi connectivity index (χ4n) is 2.69. The molecule has 8 heteroatoms. The minimum Gasteiger partial charge on any atom is -0.466 e. The van der Waals surface area contributed by atoms with Crippen LogP contribution in [0.1, 0.15) is 12.8 Å². The van der Waals surface area contributed by atoms with Crippen molar-refractivity contribution < 1.29 is 28.6 Å². The number of hydrogen-bond donors (Lipinski definition) is 1. The van der Waals surface area contributed by atoms with Crippen LogP contribution in [0.25, 0.3) is 0 Å². The molecular weight excluding hydrogens is 340 g/mol. The van der Waals surface area contributed by atoms with E-state index in [1.807, 2.05) is 0 Å². The quantitative estimate of drug-likeness (QED) is 0.794. The largest absolute Gasteiger partial charge is 0.466 e. The predicted octanol–water partition coefficient (Wildman–Crippen LogP) is 1.43. The Morgan fingerprint density at radius 2 is 1.88 bits per heavy atom. The summed E-state index contributed by atoms with van der Waals surface area (Å²) in [5, 5.41) is 2.86. The highest BCUT2D eigenvalue weighted by atomic mass is 16.5. The van der Waals surface area contributed by atoms with Gasteiger partial charge in [-0.25, -0.2) is 9.59 Å². The Labute approximate surface area is 150 Å². The number of ether oxygens (including phenoxy) is 3. The maximum Gasteiger partial charge on any atom is 0.355 e. The van der Waals surface area contributed by atoms with Crippen LogP contribution in [0.2, 0.25) is 0 Å². The average Bonchev–Trinajstić information content (AvgIpc) is 3.51. The van der Waals surface area contributed by atoms with Gasteiger partial charge in [-0.3, -0.25) is 4.79 Å². The van der Waals surface area contributed by atoms with Gasteiger partial charge in [-0.05, 0) is 31.0 Å². The molecule has 0 atom stereocenters. The van der Waals surface area contributed by atoms with E-state index < -0.39 is 11.9 Å². The van der Waals surface area contributed by atoms with Crippen LogP contribution in [0.5, 0.6) is 0 Å². The second-order valence-electron chi connectivity index (χ2n) is 6.03. The molecular formula is C18H20N2O6. The Morgan fingerprint density at radius 3 is 2.54 bits per heavy atom. The molecule has 0 bridgehead atoms. The van der Waals surface area contributed by atoms with Crippen molar-refractivity contribution in [3.8, 4) is 0 Å². The summed E-state index contributed by atoms with van der Waals surface area (Å²) >= 11 is 0. The highest BCUT2D eigenvalue weighted by Gasteiger charge is 2.33. The van der Waals surface area contributed by atoms with Crippen LogP contribution in [0.15, 0.2) is 35.5 Å². The first-order valence-electron chi connectivity index (χ1n) is 8.21. The zero-order chi connectivity index (χ0) is 18.7. The van der Waals surface area contributed by atoms with Crippen molar-refractivity contribution in [2.45, 2.75) is 12.8 Å². The van der Waals surface area contributed by atoms with Crippen LogP contribution in [0.4, 0.5) is 11.4 Å². The van der Waals surface area contributed by atoms with Crippen molar-refractivity contribution in [2.24, 2.45) is 5.92 Å². The Morgan fingerprint density at radius 1 is 1.15 bits per heavy atom. The van der Waals surface area contributed by atoms with Crippen molar-refractivity contribution in [3.63, 3.8) is 0 Å². The van der Waals surface area contributed by atoms with Crippen LogP contribution in [0, 0.1) is 5.92 Å². The van der Waals surface area contributed by atoms with Gasteiger partial charge >= 0.3 is 11.9 Å². The summed E-state index contributed by atoms with van der Waals surface area (Å²) in [4.78, 5) is 37.8. The Bertz CT molecular complexity index is 769. The van der Waals surface area contributed by atoms with Gasteiger partial charge in [0.25, 0.3) is 0 Å². The predicted molar refractivity (Wildman–Crippen MR) is 92.2 cm³/mol. The normalized spacial score (nSPS) is 16.9. The van der Waals surface area contributed by atoms with Gasteiger partial charge in [-0.15, -0.1) is 0 Å². The van der Waals surface area contributed by atoms with Gasteiger partial charge < -0.3 is 24.4 Å². The number of methoxy groups -OCH3 is 2. The number of carbonyl (C=O) groups excluding carboxylic acids is 3. The number of esters is 2. The molecule has 0 unspecified atom stereocenters. The average molecular weight is 360 g/mol. The van der Waals surface area contributed by atoms with E-state index in [0.29, 0.717) is 11.4 Å². The Hall–Kier alpha value is -2.87. The molecule has 0 spiro atoms. The molecule has 1 heterocycles. The number of nitrogens with zero attached hydrogens (tertiary/aromatic N) is 1. The molecule has 0 aromatic heterocycles. The van der Waals surface area contributed by atoms with Crippen LogP contribution in [-0.4, -0.2) is 45.4 Å². The fraction of sp³-hybridized carbons (Fsp3) is 0.389. The van der Waals surface area contributed by atoms with E-state index in [1.54, 1.807) is 24.3 Å². The highest BCUT2D eigenvalue weighted by molar-refractivity contribution is 6.03. The van der Waals surface area contributed by atoms with E-state index in [9.17, 15) is 14.4 Å². The molecule has 26 heavy (non-hydrogen) atoms. The van der Waals surface area contributed by atoms with Gasteiger partial charge in [0.2, 0.25) is 5.91 Å². The molecule has 1 aliphatic heterocycles. The molecule has 0 saturated heterocycles. The third kappa shape index (κ3) is 3.70. The molecule has 1 aromatic rings. The molecule has 138 valence electrons. The van der Waals surface area contributed by atoms with Crippen LogP contribution >= 0.6 is 0 Å². The third-order valence-corrected chi connectivity index (χ3v) is 4.21.